The molecule has 0 aliphatic heterocycles. The van der Waals surface area contributed by atoms with Crippen LogP contribution in [0.1, 0.15) is 0 Å². The molecule has 5 rings (SSSR count). The number of halogens is 1. The summed E-state index contributed by atoms with van der Waals surface area (Å²) in [5.74, 6) is 0. The summed E-state index contributed by atoms with van der Waals surface area (Å²) in [5, 5.41) is 6.27. The third kappa shape index (κ3) is 6.38. The minimum absolute atomic E-state index is 0.485. The van der Waals surface area contributed by atoms with Gasteiger partial charge in [-0.1, -0.05) is 19.6 Å². The third-order valence-electron chi connectivity index (χ3n) is 5.28. The average molecular weight is 606 g/mol. The van der Waals surface area contributed by atoms with E-state index < -0.39 is 8.07 Å². The normalized spacial score (nSPS) is 11.7. The molecule has 0 aromatic carbocycles. The molecule has 5 heterocycles. The number of fused-ring (bicyclic) bond motifs is 2. The minimum atomic E-state index is -1.05. The van der Waals surface area contributed by atoms with Crippen LogP contribution in [0.3, 0.4) is 0 Å². The number of thioether (sulfide) groups is 2. The predicted octanol–water partition coefficient (Wildman–Crippen LogP) is 5.84. The number of hydrogen-bond donors (Lipinski definition) is 0. The minimum Gasteiger partial charge on any atom is -0.360 e. The Morgan fingerprint density at radius 3 is 2.19 bits per heavy atom. The molecule has 36 heavy (non-hydrogen) atoms. The van der Waals surface area contributed by atoms with E-state index in [1.807, 2.05) is 57.0 Å². The van der Waals surface area contributed by atoms with E-state index in [9.17, 15) is 0 Å². The summed E-state index contributed by atoms with van der Waals surface area (Å²) < 4.78 is 12.5. The standard InChI is InChI=1S/C16H23N5OSSi.C7H6BrN3S/c1-23-16-15-18-10-14(21(15)6-5-17-16)13-9-19-20(11-13)12-22-7-8-24(2,3)4;1-12-7-6-10-4-5(8)11(6)3-2-9-7/h5-6,9-11H,7-8,12H2,1-4H3;2-4H,1H3. The maximum Gasteiger partial charge on any atom is 0.170 e. The van der Waals surface area contributed by atoms with Crippen LogP contribution in [0.2, 0.25) is 25.7 Å². The smallest absolute Gasteiger partial charge is 0.170 e. The number of nitrogens with zero attached hydrogens (tertiary/aromatic N) is 8. The lowest BCUT2D eigenvalue weighted by atomic mass is 10.3. The van der Waals surface area contributed by atoms with Crippen molar-refractivity contribution in [3.63, 3.8) is 0 Å². The maximum atomic E-state index is 5.75. The van der Waals surface area contributed by atoms with Gasteiger partial charge in [0.1, 0.15) is 21.4 Å². The summed E-state index contributed by atoms with van der Waals surface area (Å²) in [6, 6.07) is 1.17. The van der Waals surface area contributed by atoms with Crippen molar-refractivity contribution < 1.29 is 4.74 Å². The van der Waals surface area contributed by atoms with Gasteiger partial charge in [-0.3, -0.25) is 8.80 Å². The van der Waals surface area contributed by atoms with Gasteiger partial charge in [-0.15, -0.1) is 23.5 Å². The van der Waals surface area contributed by atoms with Crippen molar-refractivity contribution in [1.29, 1.82) is 0 Å². The van der Waals surface area contributed by atoms with Crippen LogP contribution in [0.25, 0.3) is 22.6 Å². The van der Waals surface area contributed by atoms with Gasteiger partial charge >= 0.3 is 0 Å². The van der Waals surface area contributed by atoms with Gasteiger partial charge in [-0.05, 0) is 34.5 Å². The average Bonchev–Trinajstić information content (AvgIpc) is 3.60. The van der Waals surface area contributed by atoms with Gasteiger partial charge < -0.3 is 4.74 Å². The molecular formula is C23H29BrN8OS2Si. The van der Waals surface area contributed by atoms with E-state index in [0.29, 0.717) is 6.73 Å². The summed E-state index contributed by atoms with van der Waals surface area (Å²) in [6.45, 7) is 8.34. The number of imidazole rings is 2. The van der Waals surface area contributed by atoms with Gasteiger partial charge in [0.15, 0.2) is 11.3 Å². The zero-order chi connectivity index (χ0) is 25.7. The lowest BCUT2D eigenvalue weighted by Gasteiger charge is -2.15. The van der Waals surface area contributed by atoms with Crippen LogP contribution < -0.4 is 0 Å². The highest BCUT2D eigenvalue weighted by Crippen LogP contribution is 2.24. The Kier molecular flexibility index (Phi) is 8.88. The fourth-order valence-electron chi connectivity index (χ4n) is 3.37. The SMILES string of the molecule is CSc1nccn2c(-c3cnn(COCC[Si](C)(C)C)c3)cnc12.CSc1nccn2c(Br)cnc12. The van der Waals surface area contributed by atoms with Crippen molar-refractivity contribution in [3.8, 4) is 11.3 Å². The van der Waals surface area contributed by atoms with Crippen LogP contribution in [-0.2, 0) is 11.5 Å². The molecule has 0 unspecified atom stereocenters. The van der Waals surface area contributed by atoms with Gasteiger partial charge in [0.2, 0.25) is 0 Å². The van der Waals surface area contributed by atoms with Crippen molar-refractivity contribution in [3.05, 3.63) is 54.2 Å². The lowest BCUT2D eigenvalue weighted by molar-refractivity contribution is 0.0786. The van der Waals surface area contributed by atoms with Gasteiger partial charge in [-0.25, -0.2) is 24.6 Å². The largest absolute Gasteiger partial charge is 0.360 e. The Balaban J connectivity index is 0.000000211. The second-order valence-corrected chi connectivity index (χ2v) is 17.1. The first-order valence-electron chi connectivity index (χ1n) is 11.3. The van der Waals surface area contributed by atoms with Gasteiger partial charge in [0, 0.05) is 51.2 Å². The second kappa shape index (κ2) is 11.9. The van der Waals surface area contributed by atoms with Crippen LogP contribution in [0.15, 0.2) is 64.2 Å². The van der Waals surface area contributed by atoms with E-state index >= 15 is 0 Å². The zero-order valence-electron chi connectivity index (χ0n) is 20.9. The van der Waals surface area contributed by atoms with Gasteiger partial charge in [-0.2, -0.15) is 5.10 Å². The Morgan fingerprint density at radius 2 is 1.53 bits per heavy atom. The molecule has 0 bridgehead atoms. The van der Waals surface area contributed by atoms with Gasteiger partial charge in [0.05, 0.1) is 24.3 Å². The number of hydrogen-bond acceptors (Lipinski definition) is 8. The highest BCUT2D eigenvalue weighted by molar-refractivity contribution is 9.10. The number of rotatable bonds is 8. The Morgan fingerprint density at radius 1 is 0.889 bits per heavy atom. The van der Waals surface area contributed by atoms with E-state index in [0.717, 1.165) is 43.8 Å². The fraction of sp³-hybridized carbons (Fsp3) is 0.348. The highest BCUT2D eigenvalue weighted by atomic mass is 79.9. The van der Waals surface area contributed by atoms with Crippen LogP contribution in [0.5, 0.6) is 0 Å². The molecule has 9 nitrogen and oxygen atoms in total. The molecule has 0 fully saturated rings. The van der Waals surface area contributed by atoms with Crippen molar-refractivity contribution in [2.45, 2.75) is 42.5 Å². The monoisotopic (exact) mass is 604 g/mol. The van der Waals surface area contributed by atoms with E-state index in [1.165, 1.54) is 6.04 Å². The van der Waals surface area contributed by atoms with Crippen LogP contribution in [-0.4, -0.2) is 65.7 Å². The summed E-state index contributed by atoms with van der Waals surface area (Å²) in [5.41, 5.74) is 3.81. The Bertz CT molecular complexity index is 1450. The summed E-state index contributed by atoms with van der Waals surface area (Å²) in [6.07, 6.45) is 18.9. The Labute approximate surface area is 228 Å². The molecule has 0 aliphatic rings. The zero-order valence-corrected chi connectivity index (χ0v) is 25.1. The second-order valence-electron chi connectivity index (χ2n) is 9.10. The molecule has 5 aromatic heterocycles. The van der Waals surface area contributed by atoms with Crippen molar-refractivity contribution in [1.82, 2.24) is 38.5 Å². The van der Waals surface area contributed by atoms with Crippen molar-refractivity contribution in [2.24, 2.45) is 0 Å². The predicted molar refractivity (Wildman–Crippen MR) is 153 cm³/mol. The highest BCUT2D eigenvalue weighted by Gasteiger charge is 2.13. The first kappa shape index (κ1) is 26.9. The molecule has 0 aliphatic carbocycles. The van der Waals surface area contributed by atoms with Crippen LogP contribution in [0.4, 0.5) is 0 Å². The summed E-state index contributed by atoms with van der Waals surface area (Å²) in [4.78, 5) is 17.3. The van der Waals surface area contributed by atoms with Gasteiger partial charge in [0.25, 0.3) is 0 Å². The van der Waals surface area contributed by atoms with Crippen LogP contribution in [0, 0.1) is 0 Å². The van der Waals surface area contributed by atoms with Crippen molar-refractivity contribution in [2.75, 3.05) is 19.1 Å². The molecule has 0 saturated carbocycles. The summed E-state index contributed by atoms with van der Waals surface area (Å²) >= 11 is 6.59. The number of aromatic nitrogens is 8. The van der Waals surface area contributed by atoms with E-state index in [-0.39, 0.29) is 0 Å². The first-order valence-corrected chi connectivity index (χ1v) is 18.2. The molecule has 190 valence electrons. The lowest BCUT2D eigenvalue weighted by Crippen LogP contribution is -2.22. The molecule has 13 heteroatoms. The topological polar surface area (TPSA) is 87.4 Å². The third-order valence-corrected chi connectivity index (χ3v) is 8.92. The summed E-state index contributed by atoms with van der Waals surface area (Å²) in [7, 11) is -1.05. The van der Waals surface area contributed by atoms with Crippen molar-refractivity contribution >= 4 is 58.8 Å². The maximum absolute atomic E-state index is 5.75. The quantitative estimate of drug-likeness (QED) is 0.124. The molecule has 0 N–H and O–H groups in total. The van der Waals surface area contributed by atoms with E-state index in [1.54, 1.807) is 42.1 Å². The molecular weight excluding hydrogens is 576 g/mol. The Hall–Kier alpha value is -2.19. The van der Waals surface area contributed by atoms with Crippen LogP contribution >= 0.6 is 39.5 Å². The molecule has 0 spiro atoms. The molecule has 0 radical (unpaired) electrons. The molecule has 0 atom stereocenters. The first-order chi connectivity index (χ1) is 17.3. The molecule has 5 aromatic rings. The van der Waals surface area contributed by atoms with E-state index in [2.05, 4.69) is 60.6 Å². The van der Waals surface area contributed by atoms with E-state index in [4.69, 9.17) is 4.74 Å². The fourth-order valence-corrected chi connectivity index (χ4v) is 5.51. The number of ether oxygens (including phenoxy) is 1. The molecule has 0 saturated heterocycles. The molecule has 0 amide bonds.